The zero-order valence-electron chi connectivity index (χ0n) is 15.7. The molecule has 4 rings (SSSR count). The van der Waals surface area contributed by atoms with Gasteiger partial charge in [0.1, 0.15) is 6.10 Å². The molecule has 0 radical (unpaired) electrons. The van der Waals surface area contributed by atoms with Crippen molar-refractivity contribution >= 4 is 45.8 Å². The number of benzene rings is 2. The molecular formula is C21H22ClN3O3S. The molecule has 2 aliphatic rings. The second-order valence-corrected chi connectivity index (χ2v) is 8.93. The van der Waals surface area contributed by atoms with Crippen LogP contribution >= 0.6 is 23.4 Å². The van der Waals surface area contributed by atoms with Crippen LogP contribution in [-0.2, 0) is 4.79 Å². The minimum absolute atomic E-state index is 0.181. The highest BCUT2D eigenvalue weighted by molar-refractivity contribution is 8.15. The Morgan fingerprint density at radius 2 is 1.93 bits per heavy atom. The number of aryl methyl sites for hydroxylation is 1. The van der Waals surface area contributed by atoms with Crippen LogP contribution in [0.4, 0.5) is 11.4 Å². The lowest BCUT2D eigenvalue weighted by molar-refractivity contribution is -0.124. The van der Waals surface area contributed by atoms with Crippen molar-refractivity contribution in [3.8, 4) is 0 Å². The Kier molecular flexibility index (Phi) is 5.83. The smallest absolute Gasteiger partial charge is 0.228 e. The summed E-state index contributed by atoms with van der Waals surface area (Å²) in [6, 6.07) is 14.3. The van der Waals surface area contributed by atoms with Gasteiger partial charge in [0.2, 0.25) is 5.91 Å². The number of hydrogen-bond acceptors (Lipinski definition) is 6. The molecule has 2 aromatic carbocycles. The number of halogens is 1. The van der Waals surface area contributed by atoms with Gasteiger partial charge >= 0.3 is 0 Å². The first-order chi connectivity index (χ1) is 13.9. The van der Waals surface area contributed by atoms with E-state index >= 15 is 0 Å². The molecule has 1 aliphatic heterocycles. The van der Waals surface area contributed by atoms with E-state index in [1.165, 1.54) is 11.8 Å². The molecule has 1 aliphatic carbocycles. The zero-order chi connectivity index (χ0) is 20.5. The molecule has 4 N–H and O–H groups in total. The highest BCUT2D eigenvalue weighted by Gasteiger charge is 2.50. The van der Waals surface area contributed by atoms with Crippen LogP contribution in [0.5, 0.6) is 0 Å². The Labute approximate surface area is 178 Å². The molecule has 2 aromatic rings. The highest BCUT2D eigenvalue weighted by atomic mass is 35.5. The number of fused-ring (bicyclic) bond motifs is 1. The summed E-state index contributed by atoms with van der Waals surface area (Å²) >= 11 is 7.61. The molecule has 0 unspecified atom stereocenters. The van der Waals surface area contributed by atoms with Crippen molar-refractivity contribution in [2.45, 2.75) is 36.8 Å². The molecule has 0 bridgehead atoms. The number of para-hydroxylation sites is 1. The van der Waals surface area contributed by atoms with Crippen LogP contribution in [0.25, 0.3) is 0 Å². The molecular weight excluding hydrogens is 410 g/mol. The number of aliphatic hydroxyl groups excluding tert-OH is 2. The van der Waals surface area contributed by atoms with Crippen LogP contribution in [-0.4, -0.2) is 44.8 Å². The number of thioether (sulfide) groups is 1. The van der Waals surface area contributed by atoms with Crippen molar-refractivity contribution in [3.63, 3.8) is 0 Å². The summed E-state index contributed by atoms with van der Waals surface area (Å²) < 4.78 is 0. The van der Waals surface area contributed by atoms with Crippen molar-refractivity contribution in [1.82, 2.24) is 0 Å². The van der Waals surface area contributed by atoms with Gasteiger partial charge in [-0.15, -0.1) is 0 Å². The summed E-state index contributed by atoms with van der Waals surface area (Å²) in [7, 11) is 0. The normalized spacial score (nSPS) is 28.4. The van der Waals surface area contributed by atoms with Crippen molar-refractivity contribution in [2.24, 2.45) is 10.9 Å². The van der Waals surface area contributed by atoms with E-state index in [-0.39, 0.29) is 17.6 Å². The number of aliphatic imine (C=N–C) groups is 1. The Hall–Kier alpha value is -2.06. The summed E-state index contributed by atoms with van der Waals surface area (Å²) in [5.41, 5.74) is 2.46. The average Bonchev–Trinajstić information content (AvgIpc) is 3.12. The third-order valence-electron chi connectivity index (χ3n) is 5.29. The first kappa shape index (κ1) is 20.2. The SMILES string of the molecule is Cc1ccc(NC2=N[C@@H]3[C@@H](O)[C@H](O)C[C@H](C(=O)Nc4ccccc4)[C@H]3S2)cc1Cl. The van der Waals surface area contributed by atoms with E-state index in [0.29, 0.717) is 15.9 Å². The lowest BCUT2D eigenvalue weighted by Crippen LogP contribution is -2.52. The summed E-state index contributed by atoms with van der Waals surface area (Å²) in [4.78, 5) is 17.5. The Morgan fingerprint density at radius 3 is 2.66 bits per heavy atom. The quantitative estimate of drug-likeness (QED) is 0.598. The fourth-order valence-electron chi connectivity index (χ4n) is 3.66. The van der Waals surface area contributed by atoms with Gasteiger partial charge in [0.25, 0.3) is 0 Å². The summed E-state index contributed by atoms with van der Waals surface area (Å²) in [5, 5.41) is 27.9. The van der Waals surface area contributed by atoms with Gasteiger partial charge in [-0.05, 0) is 43.2 Å². The molecule has 6 nitrogen and oxygen atoms in total. The third kappa shape index (κ3) is 4.28. The number of anilines is 2. The average molecular weight is 432 g/mol. The lowest BCUT2D eigenvalue weighted by Gasteiger charge is -2.37. The van der Waals surface area contributed by atoms with Gasteiger partial charge in [0.05, 0.1) is 18.1 Å². The Morgan fingerprint density at radius 1 is 1.17 bits per heavy atom. The van der Waals surface area contributed by atoms with Crippen molar-refractivity contribution in [2.75, 3.05) is 10.6 Å². The van der Waals surface area contributed by atoms with E-state index in [4.69, 9.17) is 11.6 Å². The van der Waals surface area contributed by atoms with Crippen LogP contribution in [0.2, 0.25) is 5.02 Å². The van der Waals surface area contributed by atoms with Gasteiger partial charge in [-0.1, -0.05) is 47.6 Å². The number of nitrogens with one attached hydrogen (secondary N) is 2. The molecule has 152 valence electrons. The van der Waals surface area contributed by atoms with Crippen LogP contribution in [0.3, 0.4) is 0 Å². The third-order valence-corrected chi connectivity index (χ3v) is 7.01. The highest BCUT2D eigenvalue weighted by Crippen LogP contribution is 2.42. The van der Waals surface area contributed by atoms with E-state index in [0.717, 1.165) is 11.3 Å². The van der Waals surface area contributed by atoms with Gasteiger partial charge in [-0.2, -0.15) is 0 Å². The number of rotatable bonds is 3. The van der Waals surface area contributed by atoms with Crippen LogP contribution < -0.4 is 10.6 Å². The van der Waals surface area contributed by atoms with Crippen LogP contribution in [0, 0.1) is 12.8 Å². The van der Waals surface area contributed by atoms with Crippen molar-refractivity contribution < 1.29 is 15.0 Å². The molecule has 1 fully saturated rings. The number of nitrogens with zero attached hydrogens (tertiary/aromatic N) is 1. The van der Waals surface area contributed by atoms with Gasteiger partial charge in [0.15, 0.2) is 5.17 Å². The van der Waals surface area contributed by atoms with Gasteiger partial charge in [-0.3, -0.25) is 9.79 Å². The predicted octanol–water partition coefficient (Wildman–Crippen LogP) is 3.28. The van der Waals surface area contributed by atoms with E-state index < -0.39 is 24.2 Å². The largest absolute Gasteiger partial charge is 0.390 e. The predicted molar refractivity (Wildman–Crippen MR) is 118 cm³/mol. The molecule has 1 heterocycles. The number of carbonyl (C=O) groups excluding carboxylic acids is 1. The number of amidine groups is 1. The second-order valence-electron chi connectivity index (χ2n) is 7.35. The molecule has 29 heavy (non-hydrogen) atoms. The molecule has 8 heteroatoms. The maximum Gasteiger partial charge on any atom is 0.228 e. The van der Waals surface area contributed by atoms with Gasteiger partial charge in [0, 0.05) is 21.6 Å². The minimum Gasteiger partial charge on any atom is -0.390 e. The summed E-state index contributed by atoms with van der Waals surface area (Å²) in [6.07, 6.45) is -1.82. The van der Waals surface area contributed by atoms with E-state index in [9.17, 15) is 15.0 Å². The summed E-state index contributed by atoms with van der Waals surface area (Å²) in [5.74, 6) is -0.659. The monoisotopic (exact) mass is 431 g/mol. The second kappa shape index (κ2) is 8.36. The molecule has 1 amide bonds. The number of hydrogen-bond donors (Lipinski definition) is 4. The number of amides is 1. The molecule has 0 aromatic heterocycles. The maximum absolute atomic E-state index is 12.9. The number of carbonyl (C=O) groups is 1. The zero-order valence-corrected chi connectivity index (χ0v) is 17.3. The molecule has 1 saturated carbocycles. The minimum atomic E-state index is -1.01. The van der Waals surface area contributed by atoms with Crippen molar-refractivity contribution in [1.29, 1.82) is 0 Å². The summed E-state index contributed by atoms with van der Waals surface area (Å²) in [6.45, 7) is 1.93. The number of aliphatic hydroxyl groups is 2. The Bertz CT molecular complexity index is 940. The Balaban J connectivity index is 1.51. The maximum atomic E-state index is 12.9. The standard InChI is InChI=1S/C21H22ClN3O3S/c1-11-7-8-13(9-15(11)22)24-21-25-17-18(27)16(26)10-14(19(17)29-21)20(28)23-12-5-3-2-4-6-12/h2-9,14,16-19,26-27H,10H2,1H3,(H,23,28)(H,24,25)/t14-,16+,17+,18-,19+/m0/s1. The fraction of sp³-hybridized carbons (Fsp3) is 0.333. The fourth-order valence-corrected chi connectivity index (χ4v) is 5.22. The molecule has 0 saturated heterocycles. The molecule has 5 atom stereocenters. The van der Waals surface area contributed by atoms with Crippen molar-refractivity contribution in [3.05, 3.63) is 59.1 Å². The topological polar surface area (TPSA) is 94.0 Å². The van der Waals surface area contributed by atoms with Gasteiger partial charge < -0.3 is 20.8 Å². The van der Waals surface area contributed by atoms with Crippen LogP contribution in [0.15, 0.2) is 53.5 Å². The van der Waals surface area contributed by atoms with E-state index in [1.54, 1.807) is 0 Å². The lowest BCUT2D eigenvalue weighted by atomic mass is 9.81. The first-order valence-electron chi connectivity index (χ1n) is 9.42. The first-order valence-corrected chi connectivity index (χ1v) is 10.7. The molecule has 0 spiro atoms. The van der Waals surface area contributed by atoms with E-state index in [2.05, 4.69) is 15.6 Å². The van der Waals surface area contributed by atoms with E-state index in [1.807, 2.05) is 55.5 Å². The van der Waals surface area contributed by atoms with Gasteiger partial charge in [-0.25, -0.2) is 0 Å². The van der Waals surface area contributed by atoms with Crippen LogP contribution in [0.1, 0.15) is 12.0 Å².